The first-order valence-electron chi connectivity index (χ1n) is 6.38. The lowest BCUT2D eigenvalue weighted by molar-refractivity contribution is 0.131. The standard InChI is InChI=1S/C15H25NO/c1-6-11(2)14(16)12-7-9-13(10-8-12)17-15(3,4)5/h7-11,14H,6,16H2,1-5H3/t11?,14-/m0/s1. The molecule has 2 N–H and O–H groups in total. The zero-order valence-electron chi connectivity index (χ0n) is 11.7. The summed E-state index contributed by atoms with van der Waals surface area (Å²) in [6, 6.07) is 8.25. The van der Waals surface area contributed by atoms with E-state index in [0.717, 1.165) is 12.2 Å². The van der Waals surface area contributed by atoms with Gasteiger partial charge in [0.1, 0.15) is 11.4 Å². The van der Waals surface area contributed by atoms with Gasteiger partial charge in [0.2, 0.25) is 0 Å². The van der Waals surface area contributed by atoms with Gasteiger partial charge in [-0.05, 0) is 44.4 Å². The molecule has 1 rings (SSSR count). The van der Waals surface area contributed by atoms with Gasteiger partial charge in [-0.25, -0.2) is 0 Å². The van der Waals surface area contributed by atoms with Crippen molar-refractivity contribution in [3.05, 3.63) is 29.8 Å². The molecular weight excluding hydrogens is 210 g/mol. The number of ether oxygens (including phenoxy) is 1. The molecule has 0 heterocycles. The monoisotopic (exact) mass is 235 g/mol. The molecule has 0 amide bonds. The summed E-state index contributed by atoms with van der Waals surface area (Å²) >= 11 is 0. The molecule has 2 atom stereocenters. The van der Waals surface area contributed by atoms with Gasteiger partial charge in [0.25, 0.3) is 0 Å². The highest BCUT2D eigenvalue weighted by molar-refractivity contribution is 5.29. The largest absolute Gasteiger partial charge is 0.488 e. The van der Waals surface area contributed by atoms with Crippen LogP contribution in [0.4, 0.5) is 0 Å². The number of benzene rings is 1. The van der Waals surface area contributed by atoms with Gasteiger partial charge in [-0.2, -0.15) is 0 Å². The van der Waals surface area contributed by atoms with Crippen LogP contribution in [0.15, 0.2) is 24.3 Å². The molecule has 0 aliphatic carbocycles. The van der Waals surface area contributed by atoms with E-state index < -0.39 is 0 Å². The maximum Gasteiger partial charge on any atom is 0.120 e. The summed E-state index contributed by atoms with van der Waals surface area (Å²) < 4.78 is 5.78. The molecule has 0 aliphatic rings. The summed E-state index contributed by atoms with van der Waals surface area (Å²) in [7, 11) is 0. The van der Waals surface area contributed by atoms with E-state index in [0.29, 0.717) is 5.92 Å². The fraction of sp³-hybridized carbons (Fsp3) is 0.600. The SMILES string of the molecule is CCC(C)[C@H](N)c1ccc(OC(C)(C)C)cc1. The summed E-state index contributed by atoms with van der Waals surface area (Å²) in [5.41, 5.74) is 7.21. The maximum atomic E-state index is 6.19. The molecule has 0 fully saturated rings. The fourth-order valence-electron chi connectivity index (χ4n) is 1.69. The second-order valence-electron chi connectivity index (χ2n) is 5.69. The van der Waals surface area contributed by atoms with Crippen molar-refractivity contribution in [1.82, 2.24) is 0 Å². The Morgan fingerprint density at radius 1 is 1.18 bits per heavy atom. The van der Waals surface area contributed by atoms with Crippen molar-refractivity contribution in [3.63, 3.8) is 0 Å². The zero-order chi connectivity index (χ0) is 13.1. The van der Waals surface area contributed by atoms with E-state index >= 15 is 0 Å². The van der Waals surface area contributed by atoms with E-state index in [1.165, 1.54) is 5.56 Å². The van der Waals surface area contributed by atoms with Gasteiger partial charge in [-0.1, -0.05) is 32.4 Å². The summed E-state index contributed by atoms with van der Waals surface area (Å²) in [4.78, 5) is 0. The molecule has 0 saturated heterocycles. The van der Waals surface area contributed by atoms with Gasteiger partial charge >= 0.3 is 0 Å². The molecule has 0 aromatic heterocycles. The van der Waals surface area contributed by atoms with Crippen LogP contribution in [-0.4, -0.2) is 5.60 Å². The van der Waals surface area contributed by atoms with Gasteiger partial charge < -0.3 is 10.5 Å². The maximum absolute atomic E-state index is 6.19. The van der Waals surface area contributed by atoms with Gasteiger partial charge in [-0.15, -0.1) is 0 Å². The summed E-state index contributed by atoms with van der Waals surface area (Å²) in [6.07, 6.45) is 1.10. The lowest BCUT2D eigenvalue weighted by Crippen LogP contribution is -2.23. The highest BCUT2D eigenvalue weighted by Crippen LogP contribution is 2.25. The molecule has 0 radical (unpaired) electrons. The van der Waals surface area contributed by atoms with Crippen LogP contribution in [-0.2, 0) is 0 Å². The van der Waals surface area contributed by atoms with Gasteiger partial charge in [-0.3, -0.25) is 0 Å². The van der Waals surface area contributed by atoms with Crippen LogP contribution in [0.1, 0.15) is 52.6 Å². The number of hydrogen-bond donors (Lipinski definition) is 1. The number of hydrogen-bond acceptors (Lipinski definition) is 2. The summed E-state index contributed by atoms with van der Waals surface area (Å²) in [5, 5.41) is 0. The van der Waals surface area contributed by atoms with Crippen molar-refractivity contribution >= 4 is 0 Å². The molecule has 0 bridgehead atoms. The molecule has 1 aromatic carbocycles. The van der Waals surface area contributed by atoms with E-state index in [2.05, 4.69) is 26.0 Å². The second-order valence-corrected chi connectivity index (χ2v) is 5.69. The Morgan fingerprint density at radius 2 is 1.71 bits per heavy atom. The molecule has 0 spiro atoms. The fourth-order valence-corrected chi connectivity index (χ4v) is 1.69. The third-order valence-electron chi connectivity index (χ3n) is 2.95. The predicted molar refractivity (Wildman–Crippen MR) is 73.2 cm³/mol. The Bertz CT molecular complexity index is 337. The lowest BCUT2D eigenvalue weighted by Gasteiger charge is -2.22. The predicted octanol–water partition coefficient (Wildman–Crippen LogP) is 3.91. The Labute approximate surface area is 105 Å². The highest BCUT2D eigenvalue weighted by atomic mass is 16.5. The van der Waals surface area contributed by atoms with Crippen molar-refractivity contribution in [2.24, 2.45) is 11.7 Å². The molecule has 0 saturated carbocycles. The normalized spacial score (nSPS) is 15.4. The van der Waals surface area contributed by atoms with E-state index in [1.54, 1.807) is 0 Å². The smallest absolute Gasteiger partial charge is 0.120 e. The number of rotatable bonds is 4. The highest BCUT2D eigenvalue weighted by Gasteiger charge is 2.14. The Balaban J connectivity index is 2.74. The average Bonchev–Trinajstić information content (AvgIpc) is 2.26. The van der Waals surface area contributed by atoms with Crippen LogP contribution >= 0.6 is 0 Å². The number of nitrogens with two attached hydrogens (primary N) is 1. The van der Waals surface area contributed by atoms with Crippen LogP contribution in [0, 0.1) is 5.92 Å². The summed E-state index contributed by atoms with van der Waals surface area (Å²) in [6.45, 7) is 10.5. The van der Waals surface area contributed by atoms with Gasteiger partial charge in [0, 0.05) is 6.04 Å². The van der Waals surface area contributed by atoms with Crippen molar-refractivity contribution in [1.29, 1.82) is 0 Å². The van der Waals surface area contributed by atoms with E-state index in [1.807, 2.05) is 32.9 Å². The van der Waals surface area contributed by atoms with Crippen LogP contribution in [0.3, 0.4) is 0 Å². The Hall–Kier alpha value is -1.02. The molecule has 2 nitrogen and oxygen atoms in total. The van der Waals surface area contributed by atoms with Gasteiger partial charge in [0.05, 0.1) is 0 Å². The van der Waals surface area contributed by atoms with E-state index in [9.17, 15) is 0 Å². The minimum atomic E-state index is -0.152. The van der Waals surface area contributed by atoms with Crippen LogP contribution < -0.4 is 10.5 Å². The van der Waals surface area contributed by atoms with E-state index in [-0.39, 0.29) is 11.6 Å². The topological polar surface area (TPSA) is 35.2 Å². The van der Waals surface area contributed by atoms with Crippen LogP contribution in [0.5, 0.6) is 5.75 Å². The van der Waals surface area contributed by atoms with Gasteiger partial charge in [0.15, 0.2) is 0 Å². The zero-order valence-corrected chi connectivity index (χ0v) is 11.7. The third-order valence-corrected chi connectivity index (χ3v) is 2.95. The van der Waals surface area contributed by atoms with Crippen molar-refractivity contribution < 1.29 is 4.74 Å². The first-order valence-corrected chi connectivity index (χ1v) is 6.38. The minimum Gasteiger partial charge on any atom is -0.488 e. The quantitative estimate of drug-likeness (QED) is 0.858. The lowest BCUT2D eigenvalue weighted by atomic mass is 9.93. The molecule has 0 aliphatic heterocycles. The average molecular weight is 235 g/mol. The molecule has 1 unspecified atom stereocenters. The van der Waals surface area contributed by atoms with Crippen molar-refractivity contribution in [2.75, 3.05) is 0 Å². The minimum absolute atomic E-state index is 0.115. The van der Waals surface area contributed by atoms with Crippen molar-refractivity contribution in [3.8, 4) is 5.75 Å². The summed E-state index contributed by atoms with van der Waals surface area (Å²) in [5.74, 6) is 1.40. The van der Waals surface area contributed by atoms with Crippen LogP contribution in [0.25, 0.3) is 0 Å². The molecule has 2 heteroatoms. The Kier molecular flexibility index (Phi) is 4.58. The first-order chi connectivity index (χ1) is 7.83. The Morgan fingerprint density at radius 3 is 2.12 bits per heavy atom. The van der Waals surface area contributed by atoms with Crippen molar-refractivity contribution in [2.45, 2.75) is 52.7 Å². The van der Waals surface area contributed by atoms with E-state index in [4.69, 9.17) is 10.5 Å². The molecule has 17 heavy (non-hydrogen) atoms. The second kappa shape index (κ2) is 5.54. The van der Waals surface area contributed by atoms with Crippen LogP contribution in [0.2, 0.25) is 0 Å². The molecule has 96 valence electrons. The molecule has 1 aromatic rings. The first kappa shape index (κ1) is 14.0. The molecular formula is C15H25NO. The third kappa shape index (κ3) is 4.39.